The van der Waals surface area contributed by atoms with E-state index in [9.17, 15) is 0 Å². The molecule has 1 N–H and O–H groups in total. The molecule has 1 unspecified atom stereocenters. The van der Waals surface area contributed by atoms with Gasteiger partial charge in [-0.05, 0) is 26.7 Å². The molecule has 2 heteroatoms. The second-order valence-corrected chi connectivity index (χ2v) is 4.04. The van der Waals surface area contributed by atoms with Crippen LogP contribution in [0.2, 0.25) is 0 Å². The molecule has 0 radical (unpaired) electrons. The molecule has 0 aromatic heterocycles. The predicted octanol–water partition coefficient (Wildman–Crippen LogP) is 2.27. The Hall–Kier alpha value is -0.0800. The molecule has 0 aromatic rings. The van der Waals surface area contributed by atoms with Crippen LogP contribution in [0.1, 0.15) is 41.5 Å². The van der Waals surface area contributed by atoms with Crippen molar-refractivity contribution in [3.8, 4) is 0 Å². The number of hydrogen-bond donors (Lipinski definition) is 1. The van der Waals surface area contributed by atoms with Crippen molar-refractivity contribution in [2.45, 2.75) is 53.6 Å². The molecule has 0 spiro atoms. The Bertz CT molecular complexity index is 110. The highest BCUT2D eigenvalue weighted by atomic mass is 15.5. The Balaban J connectivity index is 3.85. The van der Waals surface area contributed by atoms with Gasteiger partial charge >= 0.3 is 0 Å². The zero-order valence-corrected chi connectivity index (χ0v) is 9.39. The monoisotopic (exact) mass is 172 g/mol. The largest absolute Gasteiger partial charge is 0.252 e. The summed E-state index contributed by atoms with van der Waals surface area (Å²) in [6.45, 7) is 14.4. The van der Waals surface area contributed by atoms with Crippen LogP contribution in [-0.4, -0.2) is 23.6 Å². The zero-order chi connectivity index (χ0) is 9.72. The van der Waals surface area contributed by atoms with Crippen molar-refractivity contribution in [2.75, 3.05) is 6.54 Å². The van der Waals surface area contributed by atoms with E-state index in [-0.39, 0.29) is 0 Å². The van der Waals surface area contributed by atoms with Crippen LogP contribution < -0.4 is 5.43 Å². The zero-order valence-electron chi connectivity index (χ0n) is 9.39. The lowest BCUT2D eigenvalue weighted by Gasteiger charge is -2.31. The number of hydrazine groups is 1. The first-order valence-electron chi connectivity index (χ1n) is 5.01. The first kappa shape index (κ1) is 11.9. The van der Waals surface area contributed by atoms with Gasteiger partial charge < -0.3 is 0 Å². The minimum atomic E-state index is 0.562. The molecule has 0 aliphatic rings. The summed E-state index contributed by atoms with van der Waals surface area (Å²) in [6.07, 6.45) is 0. The summed E-state index contributed by atoms with van der Waals surface area (Å²) >= 11 is 0. The summed E-state index contributed by atoms with van der Waals surface area (Å²) in [7, 11) is 0. The van der Waals surface area contributed by atoms with E-state index in [0.717, 1.165) is 6.54 Å². The number of rotatable bonds is 5. The van der Waals surface area contributed by atoms with Gasteiger partial charge in [-0.3, -0.25) is 5.43 Å². The molecule has 0 fully saturated rings. The van der Waals surface area contributed by atoms with Crippen molar-refractivity contribution in [3.63, 3.8) is 0 Å². The van der Waals surface area contributed by atoms with Crippen LogP contribution in [0, 0.1) is 5.92 Å². The van der Waals surface area contributed by atoms with Gasteiger partial charge in [0.2, 0.25) is 0 Å². The highest BCUT2D eigenvalue weighted by Gasteiger charge is 2.12. The van der Waals surface area contributed by atoms with Crippen LogP contribution >= 0.6 is 0 Å². The molecule has 1 atom stereocenters. The summed E-state index contributed by atoms with van der Waals surface area (Å²) in [4.78, 5) is 0. The molecule has 74 valence electrons. The van der Waals surface area contributed by atoms with E-state index in [1.54, 1.807) is 0 Å². The Kier molecular flexibility index (Phi) is 5.51. The van der Waals surface area contributed by atoms with Crippen LogP contribution in [0.25, 0.3) is 0 Å². The lowest BCUT2D eigenvalue weighted by atomic mass is 10.1. The fourth-order valence-electron chi connectivity index (χ4n) is 1.02. The number of nitrogens with one attached hydrogen (secondary N) is 1. The minimum absolute atomic E-state index is 0.562. The molecule has 0 aliphatic heterocycles. The smallest absolute Gasteiger partial charge is 0.0210 e. The maximum atomic E-state index is 3.50. The maximum Gasteiger partial charge on any atom is 0.0210 e. The fourth-order valence-corrected chi connectivity index (χ4v) is 1.02. The number of hydrogen-bond acceptors (Lipinski definition) is 2. The van der Waals surface area contributed by atoms with Gasteiger partial charge in [0.15, 0.2) is 0 Å². The van der Waals surface area contributed by atoms with Crippen molar-refractivity contribution in [2.24, 2.45) is 5.92 Å². The molecular formula is C10H24N2. The first-order chi connectivity index (χ1) is 5.49. The summed E-state index contributed by atoms with van der Waals surface area (Å²) < 4.78 is 0. The van der Waals surface area contributed by atoms with Gasteiger partial charge in [-0.2, -0.15) is 0 Å². The lowest BCUT2D eigenvalue weighted by molar-refractivity contribution is 0.115. The van der Waals surface area contributed by atoms with Crippen LogP contribution in [0.15, 0.2) is 0 Å². The molecule has 0 amide bonds. The highest BCUT2D eigenvalue weighted by molar-refractivity contribution is 4.65. The summed E-state index contributed by atoms with van der Waals surface area (Å²) in [5, 5.41) is 2.28. The summed E-state index contributed by atoms with van der Waals surface area (Å²) in [5.41, 5.74) is 3.50. The lowest BCUT2D eigenvalue weighted by Crippen LogP contribution is -2.48. The molecular weight excluding hydrogens is 148 g/mol. The van der Waals surface area contributed by atoms with E-state index in [0.29, 0.717) is 18.0 Å². The van der Waals surface area contributed by atoms with Gasteiger partial charge in [0.1, 0.15) is 0 Å². The maximum absolute atomic E-state index is 3.50. The Morgan fingerprint density at radius 3 is 1.83 bits per heavy atom. The number of nitrogens with zero attached hydrogens (tertiary/aromatic N) is 1. The van der Waals surface area contributed by atoms with Crippen molar-refractivity contribution in [1.29, 1.82) is 0 Å². The Morgan fingerprint density at radius 1 is 1.08 bits per heavy atom. The second kappa shape index (κ2) is 5.55. The SMILES string of the molecule is CCN(NC(C)C(C)C)C(C)C. The molecule has 0 saturated heterocycles. The van der Waals surface area contributed by atoms with Crippen LogP contribution in [0.4, 0.5) is 0 Å². The van der Waals surface area contributed by atoms with Gasteiger partial charge in [-0.15, -0.1) is 0 Å². The molecule has 0 saturated carbocycles. The average Bonchev–Trinajstić information content (AvgIpc) is 1.98. The molecule has 12 heavy (non-hydrogen) atoms. The standard InChI is InChI=1S/C10H24N2/c1-7-12(9(4)5)11-10(6)8(2)3/h8-11H,7H2,1-6H3. The van der Waals surface area contributed by atoms with Gasteiger partial charge in [0, 0.05) is 18.6 Å². The van der Waals surface area contributed by atoms with Crippen LogP contribution in [0.5, 0.6) is 0 Å². The molecule has 0 bridgehead atoms. The van der Waals surface area contributed by atoms with E-state index in [1.807, 2.05) is 0 Å². The summed E-state index contributed by atoms with van der Waals surface area (Å²) in [6, 6.07) is 1.14. The van der Waals surface area contributed by atoms with Crippen molar-refractivity contribution in [1.82, 2.24) is 10.4 Å². The highest BCUT2D eigenvalue weighted by Crippen LogP contribution is 2.02. The minimum Gasteiger partial charge on any atom is -0.252 e. The fraction of sp³-hybridized carbons (Fsp3) is 1.00. The van der Waals surface area contributed by atoms with E-state index < -0.39 is 0 Å². The van der Waals surface area contributed by atoms with Crippen LogP contribution in [0.3, 0.4) is 0 Å². The quantitative estimate of drug-likeness (QED) is 0.640. The van der Waals surface area contributed by atoms with Gasteiger partial charge in [0.25, 0.3) is 0 Å². The molecule has 0 rings (SSSR count). The third-order valence-electron chi connectivity index (χ3n) is 2.33. The van der Waals surface area contributed by atoms with Crippen molar-refractivity contribution >= 4 is 0 Å². The topological polar surface area (TPSA) is 15.3 Å². The molecule has 0 heterocycles. The average molecular weight is 172 g/mol. The van der Waals surface area contributed by atoms with E-state index in [2.05, 4.69) is 52.0 Å². The normalized spacial score (nSPS) is 14.8. The molecule has 0 aromatic carbocycles. The van der Waals surface area contributed by atoms with Gasteiger partial charge in [-0.1, -0.05) is 20.8 Å². The van der Waals surface area contributed by atoms with Crippen molar-refractivity contribution in [3.05, 3.63) is 0 Å². The Labute approximate surface area is 77.3 Å². The Morgan fingerprint density at radius 2 is 1.58 bits per heavy atom. The predicted molar refractivity (Wildman–Crippen MR) is 55.0 cm³/mol. The first-order valence-corrected chi connectivity index (χ1v) is 5.01. The van der Waals surface area contributed by atoms with Gasteiger partial charge in [0.05, 0.1) is 0 Å². The van der Waals surface area contributed by atoms with Gasteiger partial charge in [-0.25, -0.2) is 5.01 Å². The molecule has 0 aliphatic carbocycles. The molecule has 2 nitrogen and oxygen atoms in total. The van der Waals surface area contributed by atoms with Crippen molar-refractivity contribution < 1.29 is 0 Å². The van der Waals surface area contributed by atoms with E-state index in [4.69, 9.17) is 0 Å². The van der Waals surface area contributed by atoms with Crippen LogP contribution in [-0.2, 0) is 0 Å². The van der Waals surface area contributed by atoms with E-state index in [1.165, 1.54) is 0 Å². The third kappa shape index (κ3) is 4.07. The van der Waals surface area contributed by atoms with E-state index >= 15 is 0 Å². The second-order valence-electron chi connectivity index (χ2n) is 4.04. The summed E-state index contributed by atoms with van der Waals surface area (Å²) in [5.74, 6) is 0.692. The third-order valence-corrected chi connectivity index (χ3v) is 2.33.